The third-order valence-electron chi connectivity index (χ3n) is 6.56. The van der Waals surface area contributed by atoms with Crippen LogP contribution < -0.4 is 0 Å². The Bertz CT molecular complexity index is 952. The van der Waals surface area contributed by atoms with Gasteiger partial charge in [-0.3, -0.25) is 25.2 Å². The average molecular weight is 441 g/mol. The molecule has 1 aliphatic rings. The first kappa shape index (κ1) is 23.5. The number of aldehydes is 1. The molecule has 1 aliphatic carbocycles. The van der Waals surface area contributed by atoms with Crippen LogP contribution in [0.4, 0.5) is 5.69 Å². The highest BCUT2D eigenvalue weighted by Crippen LogP contribution is 2.56. The van der Waals surface area contributed by atoms with Crippen LogP contribution >= 0.6 is 0 Å². The quantitative estimate of drug-likeness (QED) is 0.254. The van der Waals surface area contributed by atoms with Crippen LogP contribution in [-0.2, 0) is 10.4 Å². The van der Waals surface area contributed by atoms with E-state index >= 15 is 0 Å². The third-order valence-corrected chi connectivity index (χ3v) is 6.56. The number of nitrogens with zero attached hydrogens (tertiary/aromatic N) is 3. The number of unbranched alkanes of at least 4 members (excludes halogenated alkanes) is 3. The highest BCUT2D eigenvalue weighted by Gasteiger charge is 2.66. The normalized spacial score (nSPS) is 27.2. The molecule has 3 rings (SSSR count). The maximum absolute atomic E-state index is 12.3. The van der Waals surface area contributed by atoms with Crippen molar-refractivity contribution < 1.29 is 19.7 Å². The van der Waals surface area contributed by atoms with Gasteiger partial charge in [0.25, 0.3) is 5.69 Å². The largest absolute Gasteiger partial charge is 0.382 e. The van der Waals surface area contributed by atoms with Gasteiger partial charge in [-0.25, -0.2) is 0 Å². The number of hydrogen-bond donors (Lipinski definition) is 1. The Morgan fingerprint density at radius 2 is 1.81 bits per heavy atom. The van der Waals surface area contributed by atoms with E-state index in [9.17, 15) is 30.1 Å². The van der Waals surface area contributed by atoms with Crippen molar-refractivity contribution in [3.63, 3.8) is 0 Å². The second kappa shape index (κ2) is 9.95. The van der Waals surface area contributed by atoms with Crippen molar-refractivity contribution in [3.05, 3.63) is 80.1 Å². The van der Waals surface area contributed by atoms with E-state index < -0.39 is 39.2 Å². The number of hydrogen-bond acceptors (Lipinski definition) is 7. The molecule has 0 spiro atoms. The maximum atomic E-state index is 12.3. The van der Waals surface area contributed by atoms with Gasteiger partial charge in [-0.1, -0.05) is 50.8 Å². The zero-order chi connectivity index (χ0) is 23.3. The van der Waals surface area contributed by atoms with Gasteiger partial charge in [0.2, 0.25) is 6.04 Å². The number of benzene rings is 1. The van der Waals surface area contributed by atoms with Crippen molar-refractivity contribution >= 4 is 12.0 Å². The molecule has 1 N–H and O–H groups in total. The SMILES string of the molecule is CCCCCC[C@H]1[C@@H]([N+](=O)[O-])[C@H](c2ccc([N+](=O)[O-])cc2)[C@@H](C=O)[C@]1(O)c1ccccn1. The second-order valence-electron chi connectivity index (χ2n) is 8.31. The van der Waals surface area contributed by atoms with E-state index in [4.69, 9.17) is 0 Å². The summed E-state index contributed by atoms with van der Waals surface area (Å²) in [6.07, 6.45) is 5.94. The van der Waals surface area contributed by atoms with Crippen LogP contribution in [0.5, 0.6) is 0 Å². The summed E-state index contributed by atoms with van der Waals surface area (Å²) in [6, 6.07) is 9.11. The predicted octanol–water partition coefficient (Wildman–Crippen LogP) is 4.02. The van der Waals surface area contributed by atoms with E-state index in [2.05, 4.69) is 11.9 Å². The van der Waals surface area contributed by atoms with Gasteiger partial charge >= 0.3 is 0 Å². The molecule has 0 unspecified atom stereocenters. The summed E-state index contributed by atoms with van der Waals surface area (Å²) in [5, 5.41) is 35.2. The Morgan fingerprint density at radius 3 is 2.34 bits per heavy atom. The average Bonchev–Trinajstić information content (AvgIpc) is 3.06. The predicted molar refractivity (Wildman–Crippen MR) is 117 cm³/mol. The molecule has 9 nitrogen and oxygen atoms in total. The van der Waals surface area contributed by atoms with Crippen LogP contribution in [0.1, 0.15) is 56.2 Å². The van der Waals surface area contributed by atoms with Gasteiger partial charge in [0.1, 0.15) is 11.9 Å². The van der Waals surface area contributed by atoms with Crippen molar-refractivity contribution in [3.8, 4) is 0 Å². The zero-order valence-electron chi connectivity index (χ0n) is 17.9. The lowest BCUT2D eigenvalue weighted by Gasteiger charge is -2.32. The first-order valence-electron chi connectivity index (χ1n) is 10.8. The van der Waals surface area contributed by atoms with Crippen molar-refractivity contribution in [2.45, 2.75) is 56.6 Å². The van der Waals surface area contributed by atoms with Crippen LogP contribution in [0, 0.1) is 32.1 Å². The van der Waals surface area contributed by atoms with Crippen LogP contribution in [0.2, 0.25) is 0 Å². The van der Waals surface area contributed by atoms with Gasteiger partial charge in [-0.15, -0.1) is 0 Å². The number of rotatable bonds is 10. The Hall–Kier alpha value is -3.20. The Balaban J connectivity index is 2.12. The molecule has 1 fully saturated rings. The lowest BCUT2D eigenvalue weighted by molar-refractivity contribution is -0.534. The molecular weight excluding hydrogens is 414 g/mol. The summed E-state index contributed by atoms with van der Waals surface area (Å²) in [5.74, 6) is -2.89. The lowest BCUT2D eigenvalue weighted by atomic mass is 9.77. The molecule has 0 saturated heterocycles. The fourth-order valence-electron chi connectivity index (χ4n) is 5.08. The summed E-state index contributed by atoms with van der Waals surface area (Å²) in [4.78, 5) is 38.9. The Kier molecular flexibility index (Phi) is 7.29. The summed E-state index contributed by atoms with van der Waals surface area (Å²) in [5.41, 5.74) is -1.32. The summed E-state index contributed by atoms with van der Waals surface area (Å²) < 4.78 is 0. The van der Waals surface area contributed by atoms with E-state index in [1.54, 1.807) is 18.2 Å². The van der Waals surface area contributed by atoms with Crippen LogP contribution in [0.15, 0.2) is 48.7 Å². The Labute approximate surface area is 185 Å². The topological polar surface area (TPSA) is 136 Å². The molecule has 170 valence electrons. The number of non-ortho nitro benzene ring substituents is 1. The summed E-state index contributed by atoms with van der Waals surface area (Å²) >= 11 is 0. The number of pyridine rings is 1. The van der Waals surface area contributed by atoms with Crippen molar-refractivity contribution in [2.75, 3.05) is 0 Å². The molecule has 1 saturated carbocycles. The first-order chi connectivity index (χ1) is 15.4. The molecule has 0 amide bonds. The fourth-order valence-corrected chi connectivity index (χ4v) is 5.08. The van der Waals surface area contributed by atoms with Crippen LogP contribution in [0.25, 0.3) is 0 Å². The third kappa shape index (κ3) is 4.25. The maximum Gasteiger partial charge on any atom is 0.269 e. The van der Waals surface area contributed by atoms with E-state index in [0.29, 0.717) is 24.7 Å². The lowest BCUT2D eigenvalue weighted by Crippen LogP contribution is -2.41. The van der Waals surface area contributed by atoms with E-state index in [1.165, 1.54) is 30.5 Å². The van der Waals surface area contributed by atoms with Gasteiger partial charge in [-0.2, -0.15) is 0 Å². The minimum absolute atomic E-state index is 0.150. The summed E-state index contributed by atoms with van der Waals surface area (Å²) in [7, 11) is 0. The fraction of sp³-hybridized carbons (Fsp3) is 0.478. The number of aliphatic hydroxyl groups is 1. The monoisotopic (exact) mass is 441 g/mol. The molecule has 1 aromatic carbocycles. The van der Waals surface area contributed by atoms with Gasteiger partial charge in [-0.05, 0) is 24.1 Å². The molecule has 1 heterocycles. The highest BCUT2D eigenvalue weighted by molar-refractivity contribution is 5.61. The highest BCUT2D eigenvalue weighted by atomic mass is 16.6. The number of carbonyl (C=O) groups is 1. The summed E-state index contributed by atoms with van der Waals surface area (Å²) in [6.45, 7) is 2.06. The zero-order valence-corrected chi connectivity index (χ0v) is 17.9. The van der Waals surface area contributed by atoms with Gasteiger partial charge < -0.3 is 9.90 Å². The molecule has 9 heteroatoms. The standard InChI is InChI=1S/C23H27N3O6/c1-2-3-4-5-8-18-22(26(31)32)21(16-10-12-17(13-11-16)25(29)30)19(15-27)23(18,28)20-9-6-7-14-24-20/h6-7,9-15,18-19,21-22,28H,2-5,8H2,1H3/t18-,19+,21+,22+,23-/m0/s1. The van der Waals surface area contributed by atoms with E-state index in [-0.39, 0.29) is 11.4 Å². The molecule has 0 radical (unpaired) electrons. The molecule has 2 aromatic rings. The minimum atomic E-state index is -1.82. The van der Waals surface area contributed by atoms with Gasteiger partial charge in [0, 0.05) is 23.3 Å². The molecule has 0 aliphatic heterocycles. The van der Waals surface area contributed by atoms with E-state index in [1.807, 2.05) is 0 Å². The van der Waals surface area contributed by atoms with Crippen LogP contribution in [-0.4, -0.2) is 32.3 Å². The molecular formula is C23H27N3O6. The number of nitro groups is 2. The molecule has 32 heavy (non-hydrogen) atoms. The van der Waals surface area contributed by atoms with Gasteiger partial charge in [0.05, 0.1) is 28.4 Å². The van der Waals surface area contributed by atoms with Crippen molar-refractivity contribution in [1.29, 1.82) is 0 Å². The molecule has 1 aromatic heterocycles. The Morgan fingerprint density at radius 1 is 1.09 bits per heavy atom. The smallest absolute Gasteiger partial charge is 0.269 e. The minimum Gasteiger partial charge on any atom is -0.382 e. The first-order valence-corrected chi connectivity index (χ1v) is 10.8. The number of carbonyl (C=O) groups excluding carboxylic acids is 1. The van der Waals surface area contributed by atoms with Gasteiger partial charge in [0.15, 0.2) is 0 Å². The van der Waals surface area contributed by atoms with Crippen molar-refractivity contribution in [2.24, 2.45) is 11.8 Å². The number of aromatic nitrogens is 1. The van der Waals surface area contributed by atoms with Crippen LogP contribution in [0.3, 0.4) is 0 Å². The second-order valence-corrected chi connectivity index (χ2v) is 8.31. The van der Waals surface area contributed by atoms with E-state index in [0.717, 1.165) is 19.3 Å². The molecule has 0 bridgehead atoms. The molecule has 5 atom stereocenters. The van der Waals surface area contributed by atoms with Crippen molar-refractivity contribution in [1.82, 2.24) is 4.98 Å². The number of nitro benzene ring substituents is 1.